The van der Waals surface area contributed by atoms with Crippen molar-refractivity contribution in [2.45, 2.75) is 39.0 Å². The third-order valence-corrected chi connectivity index (χ3v) is 3.42. The van der Waals surface area contributed by atoms with Crippen LogP contribution in [0, 0.1) is 17.8 Å². The lowest BCUT2D eigenvalue weighted by atomic mass is 10.1. The molecule has 2 aliphatic rings. The van der Waals surface area contributed by atoms with E-state index in [0.29, 0.717) is 24.4 Å². The Balaban J connectivity index is 1.68. The van der Waals surface area contributed by atoms with Crippen molar-refractivity contribution in [1.29, 1.82) is 0 Å². The van der Waals surface area contributed by atoms with E-state index in [1.807, 2.05) is 0 Å². The van der Waals surface area contributed by atoms with Gasteiger partial charge in [-0.05, 0) is 31.1 Å². The topological polar surface area (TPSA) is 26.3 Å². The van der Waals surface area contributed by atoms with Gasteiger partial charge in [0.25, 0.3) is 0 Å². The summed E-state index contributed by atoms with van der Waals surface area (Å²) in [4.78, 5) is 11.5. The average molecular weight is 182 g/mol. The van der Waals surface area contributed by atoms with Gasteiger partial charge in [-0.25, -0.2) is 0 Å². The maximum atomic E-state index is 11.5. The molecule has 0 heterocycles. The Morgan fingerprint density at radius 2 is 2.08 bits per heavy atom. The summed E-state index contributed by atoms with van der Waals surface area (Å²) in [5, 5.41) is 0. The summed E-state index contributed by atoms with van der Waals surface area (Å²) in [6, 6.07) is 0. The Bertz CT molecular complexity index is 190. The highest BCUT2D eigenvalue weighted by Gasteiger charge is 2.57. The second kappa shape index (κ2) is 3.69. The number of fused-ring (bicyclic) bond motifs is 1. The van der Waals surface area contributed by atoms with Gasteiger partial charge >= 0.3 is 5.97 Å². The summed E-state index contributed by atoms with van der Waals surface area (Å²) in [5.41, 5.74) is 0. The molecule has 0 bridgehead atoms. The normalized spacial score (nSPS) is 35.6. The summed E-state index contributed by atoms with van der Waals surface area (Å²) in [5.74, 6) is 1.79. The molecule has 2 heteroatoms. The lowest BCUT2D eigenvalue weighted by Gasteiger charge is -2.04. The first-order valence-corrected chi connectivity index (χ1v) is 5.51. The number of carbonyl (C=O) groups is 1. The Labute approximate surface area is 79.7 Å². The van der Waals surface area contributed by atoms with Crippen LogP contribution in [0.1, 0.15) is 39.0 Å². The number of hydrogen-bond donors (Lipinski definition) is 0. The van der Waals surface area contributed by atoms with Crippen molar-refractivity contribution >= 4 is 5.97 Å². The summed E-state index contributed by atoms with van der Waals surface area (Å²) in [6.07, 6.45) is 5.96. The van der Waals surface area contributed by atoms with Gasteiger partial charge in [-0.1, -0.05) is 19.8 Å². The first-order valence-electron chi connectivity index (χ1n) is 5.51. The standard InChI is InChI=1S/C11H18O2/c1-2-3-7-13-11(12)10-8-5-4-6-9(8)10/h8-10H,2-7H2,1H3. The zero-order chi connectivity index (χ0) is 9.26. The van der Waals surface area contributed by atoms with Crippen LogP contribution in [-0.4, -0.2) is 12.6 Å². The molecule has 0 radical (unpaired) electrons. The van der Waals surface area contributed by atoms with Gasteiger partial charge in [0.15, 0.2) is 0 Å². The molecule has 0 spiro atoms. The van der Waals surface area contributed by atoms with E-state index in [1.54, 1.807) is 0 Å². The van der Waals surface area contributed by atoms with Gasteiger partial charge in [-0.3, -0.25) is 4.79 Å². The lowest BCUT2D eigenvalue weighted by Crippen LogP contribution is -2.11. The van der Waals surface area contributed by atoms with Crippen molar-refractivity contribution in [3.63, 3.8) is 0 Å². The van der Waals surface area contributed by atoms with E-state index in [-0.39, 0.29) is 5.97 Å². The molecule has 2 rings (SSSR count). The second-order valence-electron chi connectivity index (χ2n) is 4.31. The minimum Gasteiger partial charge on any atom is -0.465 e. The van der Waals surface area contributed by atoms with Crippen molar-refractivity contribution in [1.82, 2.24) is 0 Å². The summed E-state index contributed by atoms with van der Waals surface area (Å²) >= 11 is 0. The van der Waals surface area contributed by atoms with Crippen molar-refractivity contribution < 1.29 is 9.53 Å². The van der Waals surface area contributed by atoms with Crippen molar-refractivity contribution in [3.05, 3.63) is 0 Å². The molecule has 0 saturated heterocycles. The van der Waals surface area contributed by atoms with Gasteiger partial charge < -0.3 is 4.74 Å². The van der Waals surface area contributed by atoms with Crippen LogP contribution in [0.5, 0.6) is 0 Å². The van der Waals surface area contributed by atoms with Crippen LogP contribution < -0.4 is 0 Å². The Morgan fingerprint density at radius 1 is 1.38 bits per heavy atom. The number of esters is 1. The molecule has 0 aromatic rings. The van der Waals surface area contributed by atoms with Gasteiger partial charge in [0, 0.05) is 0 Å². The maximum absolute atomic E-state index is 11.5. The predicted molar refractivity (Wildman–Crippen MR) is 50.2 cm³/mol. The molecule has 2 fully saturated rings. The zero-order valence-corrected chi connectivity index (χ0v) is 8.29. The zero-order valence-electron chi connectivity index (χ0n) is 8.29. The highest BCUT2D eigenvalue weighted by atomic mass is 16.5. The van der Waals surface area contributed by atoms with Crippen LogP contribution in [0.15, 0.2) is 0 Å². The minimum absolute atomic E-state index is 0.0863. The van der Waals surface area contributed by atoms with Crippen molar-refractivity contribution in [2.75, 3.05) is 6.61 Å². The number of hydrogen-bond acceptors (Lipinski definition) is 2. The minimum atomic E-state index is 0.0863. The largest absolute Gasteiger partial charge is 0.465 e. The molecule has 0 N–H and O–H groups in total. The van der Waals surface area contributed by atoms with E-state index in [9.17, 15) is 4.79 Å². The van der Waals surface area contributed by atoms with E-state index in [0.717, 1.165) is 12.8 Å². The van der Waals surface area contributed by atoms with Crippen LogP contribution in [0.4, 0.5) is 0 Å². The molecule has 0 aliphatic heterocycles. The Morgan fingerprint density at radius 3 is 2.69 bits per heavy atom. The van der Waals surface area contributed by atoms with Gasteiger partial charge in [0.2, 0.25) is 0 Å². The molecule has 13 heavy (non-hydrogen) atoms. The summed E-state index contributed by atoms with van der Waals surface area (Å²) < 4.78 is 5.20. The molecule has 2 atom stereocenters. The van der Waals surface area contributed by atoms with E-state index < -0.39 is 0 Å². The van der Waals surface area contributed by atoms with E-state index >= 15 is 0 Å². The molecular formula is C11H18O2. The van der Waals surface area contributed by atoms with Crippen LogP contribution in [0.3, 0.4) is 0 Å². The smallest absolute Gasteiger partial charge is 0.309 e. The van der Waals surface area contributed by atoms with E-state index in [2.05, 4.69) is 6.92 Å². The van der Waals surface area contributed by atoms with Crippen LogP contribution in [-0.2, 0) is 9.53 Å². The van der Waals surface area contributed by atoms with Crippen LogP contribution in [0.2, 0.25) is 0 Å². The van der Waals surface area contributed by atoms with E-state index in [4.69, 9.17) is 4.74 Å². The molecular weight excluding hydrogens is 164 g/mol. The fourth-order valence-corrected chi connectivity index (χ4v) is 2.58. The molecule has 74 valence electrons. The first kappa shape index (κ1) is 9.04. The highest BCUT2D eigenvalue weighted by molar-refractivity contribution is 5.76. The maximum Gasteiger partial charge on any atom is 0.309 e. The van der Waals surface area contributed by atoms with Crippen molar-refractivity contribution in [3.8, 4) is 0 Å². The average Bonchev–Trinajstić information content (AvgIpc) is 2.61. The monoisotopic (exact) mass is 182 g/mol. The Hall–Kier alpha value is -0.530. The summed E-state index contributed by atoms with van der Waals surface area (Å²) in [6.45, 7) is 2.74. The van der Waals surface area contributed by atoms with Gasteiger partial charge in [-0.15, -0.1) is 0 Å². The second-order valence-corrected chi connectivity index (χ2v) is 4.31. The molecule has 2 nitrogen and oxygen atoms in total. The molecule has 0 aromatic heterocycles. The van der Waals surface area contributed by atoms with Crippen LogP contribution in [0.25, 0.3) is 0 Å². The summed E-state index contributed by atoms with van der Waals surface area (Å²) in [7, 11) is 0. The number of rotatable bonds is 4. The molecule has 2 saturated carbocycles. The number of ether oxygens (including phenoxy) is 1. The molecule has 0 amide bonds. The molecule has 2 aliphatic carbocycles. The fraction of sp³-hybridized carbons (Fsp3) is 0.909. The SMILES string of the molecule is CCCCOC(=O)C1C2CCCC21. The van der Waals surface area contributed by atoms with Crippen LogP contribution >= 0.6 is 0 Å². The molecule has 0 aromatic carbocycles. The fourth-order valence-electron chi connectivity index (χ4n) is 2.58. The molecule has 2 unspecified atom stereocenters. The number of carbonyl (C=O) groups excluding carboxylic acids is 1. The van der Waals surface area contributed by atoms with Crippen molar-refractivity contribution in [2.24, 2.45) is 17.8 Å². The van der Waals surface area contributed by atoms with Gasteiger partial charge in [-0.2, -0.15) is 0 Å². The van der Waals surface area contributed by atoms with Gasteiger partial charge in [0.1, 0.15) is 0 Å². The third kappa shape index (κ3) is 1.72. The Kier molecular flexibility index (Phi) is 2.56. The quantitative estimate of drug-likeness (QED) is 0.493. The highest BCUT2D eigenvalue weighted by Crippen LogP contribution is 2.57. The van der Waals surface area contributed by atoms with Gasteiger partial charge in [0.05, 0.1) is 12.5 Å². The lowest BCUT2D eigenvalue weighted by molar-refractivity contribution is -0.146. The first-order chi connectivity index (χ1) is 6.34. The van der Waals surface area contributed by atoms with E-state index in [1.165, 1.54) is 19.3 Å². The number of unbranched alkanes of at least 4 members (excludes halogenated alkanes) is 1. The predicted octanol–water partition coefficient (Wildman–Crippen LogP) is 2.38. The third-order valence-electron chi connectivity index (χ3n) is 3.42.